The molecule has 3 nitrogen and oxygen atoms in total. The summed E-state index contributed by atoms with van der Waals surface area (Å²) >= 11 is 0. The van der Waals surface area contributed by atoms with Gasteiger partial charge in [0.05, 0.1) is 12.7 Å². The SMILES string of the molecule is CCN(C)C[C@@H]1CN(C)CCO1. The van der Waals surface area contributed by atoms with Crippen molar-refractivity contribution in [3.63, 3.8) is 0 Å². The number of hydrogen-bond donors (Lipinski definition) is 0. The lowest BCUT2D eigenvalue weighted by Gasteiger charge is -2.32. The Bertz CT molecular complexity index is 130. The van der Waals surface area contributed by atoms with Crippen LogP contribution in [0.5, 0.6) is 0 Å². The molecule has 0 aromatic carbocycles. The molecule has 1 atom stereocenters. The molecule has 1 saturated heterocycles. The Balaban J connectivity index is 2.22. The zero-order valence-electron chi connectivity index (χ0n) is 8.42. The third-order valence-electron chi connectivity index (χ3n) is 2.40. The Morgan fingerprint density at radius 2 is 2.33 bits per heavy atom. The molecule has 1 rings (SSSR count). The lowest BCUT2D eigenvalue weighted by molar-refractivity contribution is -0.0319. The predicted octanol–water partition coefficient (Wildman–Crippen LogP) is 0.269. The summed E-state index contributed by atoms with van der Waals surface area (Å²) < 4.78 is 5.64. The molecule has 0 amide bonds. The maximum Gasteiger partial charge on any atom is 0.0829 e. The molecule has 3 heteroatoms. The molecule has 1 heterocycles. The van der Waals surface area contributed by atoms with Gasteiger partial charge >= 0.3 is 0 Å². The minimum absolute atomic E-state index is 0.411. The summed E-state index contributed by atoms with van der Waals surface area (Å²) in [6.45, 7) is 7.37. The van der Waals surface area contributed by atoms with E-state index in [1.54, 1.807) is 0 Å². The van der Waals surface area contributed by atoms with Gasteiger partial charge in [0.1, 0.15) is 0 Å². The van der Waals surface area contributed by atoms with E-state index in [4.69, 9.17) is 4.74 Å². The van der Waals surface area contributed by atoms with E-state index in [2.05, 4.69) is 30.8 Å². The summed E-state index contributed by atoms with van der Waals surface area (Å²) in [7, 11) is 4.29. The number of nitrogens with zero attached hydrogens (tertiary/aromatic N) is 2. The van der Waals surface area contributed by atoms with E-state index in [9.17, 15) is 0 Å². The number of hydrogen-bond acceptors (Lipinski definition) is 3. The second kappa shape index (κ2) is 4.80. The minimum atomic E-state index is 0.411. The molecule has 72 valence electrons. The second-order valence-corrected chi connectivity index (χ2v) is 3.61. The smallest absolute Gasteiger partial charge is 0.0829 e. The van der Waals surface area contributed by atoms with Gasteiger partial charge in [0.2, 0.25) is 0 Å². The highest BCUT2D eigenvalue weighted by Crippen LogP contribution is 2.03. The summed E-state index contributed by atoms with van der Waals surface area (Å²) in [5, 5.41) is 0. The maximum atomic E-state index is 5.64. The van der Waals surface area contributed by atoms with Crippen LogP contribution in [0.4, 0.5) is 0 Å². The van der Waals surface area contributed by atoms with Crippen molar-refractivity contribution in [2.24, 2.45) is 0 Å². The van der Waals surface area contributed by atoms with Gasteiger partial charge in [-0.25, -0.2) is 0 Å². The highest BCUT2D eigenvalue weighted by atomic mass is 16.5. The van der Waals surface area contributed by atoms with Crippen LogP contribution in [-0.2, 0) is 4.74 Å². The van der Waals surface area contributed by atoms with Crippen LogP contribution in [0.3, 0.4) is 0 Å². The van der Waals surface area contributed by atoms with E-state index in [1.807, 2.05) is 0 Å². The molecule has 1 fully saturated rings. The average Bonchev–Trinajstić information content (AvgIpc) is 2.04. The van der Waals surface area contributed by atoms with Crippen LogP contribution in [-0.4, -0.2) is 62.8 Å². The first-order valence-corrected chi connectivity index (χ1v) is 4.71. The number of ether oxygens (including phenoxy) is 1. The van der Waals surface area contributed by atoms with Crippen LogP contribution >= 0.6 is 0 Å². The summed E-state index contributed by atoms with van der Waals surface area (Å²) in [5.41, 5.74) is 0. The van der Waals surface area contributed by atoms with Crippen LogP contribution in [0.2, 0.25) is 0 Å². The monoisotopic (exact) mass is 172 g/mol. The van der Waals surface area contributed by atoms with Crippen molar-refractivity contribution < 1.29 is 4.74 Å². The third kappa shape index (κ3) is 3.09. The molecular weight excluding hydrogens is 152 g/mol. The van der Waals surface area contributed by atoms with Crippen LogP contribution < -0.4 is 0 Å². The van der Waals surface area contributed by atoms with Crippen LogP contribution in [0.25, 0.3) is 0 Å². The minimum Gasteiger partial charge on any atom is -0.374 e. The third-order valence-corrected chi connectivity index (χ3v) is 2.40. The van der Waals surface area contributed by atoms with Crippen molar-refractivity contribution in [2.75, 3.05) is 46.9 Å². The van der Waals surface area contributed by atoms with Crippen molar-refractivity contribution in [1.82, 2.24) is 9.80 Å². The molecule has 0 aliphatic carbocycles. The molecule has 0 radical (unpaired) electrons. The Hall–Kier alpha value is -0.120. The molecule has 0 saturated carbocycles. The van der Waals surface area contributed by atoms with E-state index >= 15 is 0 Å². The van der Waals surface area contributed by atoms with E-state index in [-0.39, 0.29) is 0 Å². The van der Waals surface area contributed by atoms with Gasteiger partial charge < -0.3 is 14.5 Å². The van der Waals surface area contributed by atoms with E-state index in [1.165, 1.54) is 0 Å². The molecule has 12 heavy (non-hydrogen) atoms. The topological polar surface area (TPSA) is 15.7 Å². The summed E-state index contributed by atoms with van der Waals surface area (Å²) in [6.07, 6.45) is 0.411. The lowest BCUT2D eigenvalue weighted by Crippen LogP contribution is -2.45. The van der Waals surface area contributed by atoms with Crippen molar-refractivity contribution >= 4 is 0 Å². The van der Waals surface area contributed by atoms with Gasteiger partial charge in [-0.1, -0.05) is 6.92 Å². The standard InChI is InChI=1S/C9H20N2O/c1-4-10(2)7-9-8-11(3)5-6-12-9/h9H,4-8H2,1-3H3/t9-/m1/s1. The molecule has 0 bridgehead atoms. The summed E-state index contributed by atoms with van der Waals surface area (Å²) in [6, 6.07) is 0. The first kappa shape index (κ1) is 9.96. The van der Waals surface area contributed by atoms with Crippen molar-refractivity contribution in [1.29, 1.82) is 0 Å². The van der Waals surface area contributed by atoms with Gasteiger partial charge in [0.15, 0.2) is 0 Å². The van der Waals surface area contributed by atoms with Crippen molar-refractivity contribution in [2.45, 2.75) is 13.0 Å². The van der Waals surface area contributed by atoms with Gasteiger partial charge in [0.25, 0.3) is 0 Å². The first-order chi connectivity index (χ1) is 5.72. The van der Waals surface area contributed by atoms with Crippen LogP contribution in [0, 0.1) is 0 Å². The fourth-order valence-corrected chi connectivity index (χ4v) is 1.45. The molecule has 1 aliphatic heterocycles. The van der Waals surface area contributed by atoms with Gasteiger partial charge in [-0.2, -0.15) is 0 Å². The van der Waals surface area contributed by atoms with E-state index in [0.29, 0.717) is 6.10 Å². The number of morpholine rings is 1. The molecule has 0 spiro atoms. The zero-order chi connectivity index (χ0) is 8.97. The largest absolute Gasteiger partial charge is 0.374 e. The zero-order valence-corrected chi connectivity index (χ0v) is 8.42. The van der Waals surface area contributed by atoms with Crippen LogP contribution in [0.1, 0.15) is 6.92 Å². The average molecular weight is 172 g/mol. The Kier molecular flexibility index (Phi) is 3.98. The first-order valence-electron chi connectivity index (χ1n) is 4.71. The number of likely N-dealkylation sites (N-methyl/N-ethyl adjacent to an activating group) is 2. The van der Waals surface area contributed by atoms with E-state index in [0.717, 1.165) is 32.8 Å². The fourth-order valence-electron chi connectivity index (χ4n) is 1.45. The predicted molar refractivity (Wildman–Crippen MR) is 50.4 cm³/mol. The summed E-state index contributed by atoms with van der Waals surface area (Å²) in [5.74, 6) is 0. The van der Waals surface area contributed by atoms with Crippen molar-refractivity contribution in [3.05, 3.63) is 0 Å². The fraction of sp³-hybridized carbons (Fsp3) is 1.00. The normalized spacial score (nSPS) is 26.5. The van der Waals surface area contributed by atoms with E-state index < -0.39 is 0 Å². The van der Waals surface area contributed by atoms with Crippen LogP contribution in [0.15, 0.2) is 0 Å². The molecule has 0 aromatic rings. The van der Waals surface area contributed by atoms with Gasteiger partial charge in [0, 0.05) is 19.6 Å². The van der Waals surface area contributed by atoms with Crippen molar-refractivity contribution in [3.8, 4) is 0 Å². The molecule has 0 unspecified atom stereocenters. The highest BCUT2D eigenvalue weighted by molar-refractivity contribution is 4.71. The Morgan fingerprint density at radius 1 is 1.58 bits per heavy atom. The van der Waals surface area contributed by atoms with Gasteiger partial charge in [-0.15, -0.1) is 0 Å². The lowest BCUT2D eigenvalue weighted by atomic mass is 10.2. The molecule has 0 aromatic heterocycles. The Labute approximate surface area is 75.3 Å². The molecule has 0 N–H and O–H groups in total. The molecular formula is C9H20N2O. The second-order valence-electron chi connectivity index (χ2n) is 3.61. The quantitative estimate of drug-likeness (QED) is 0.607. The van der Waals surface area contributed by atoms with Gasteiger partial charge in [-0.3, -0.25) is 0 Å². The van der Waals surface area contributed by atoms with Gasteiger partial charge in [-0.05, 0) is 20.6 Å². The maximum absolute atomic E-state index is 5.64. The highest BCUT2D eigenvalue weighted by Gasteiger charge is 2.18. The number of rotatable bonds is 3. The molecule has 1 aliphatic rings. The Morgan fingerprint density at radius 3 is 2.92 bits per heavy atom. The summed E-state index contributed by atoms with van der Waals surface area (Å²) in [4.78, 5) is 4.63.